The van der Waals surface area contributed by atoms with Crippen molar-refractivity contribution < 1.29 is 19.3 Å². The molecule has 0 saturated carbocycles. The highest BCUT2D eigenvalue weighted by Gasteiger charge is 2.28. The molecule has 1 aliphatic heterocycles. The van der Waals surface area contributed by atoms with Crippen LogP contribution in [0, 0.1) is 17.0 Å². The molecule has 0 spiro atoms. The van der Waals surface area contributed by atoms with Crippen LogP contribution in [0.3, 0.4) is 0 Å². The number of nitrogens with zero attached hydrogens (tertiary/aromatic N) is 2. The molecular weight excluding hydrogens is 360 g/mol. The summed E-state index contributed by atoms with van der Waals surface area (Å²) >= 11 is 1.04. The van der Waals surface area contributed by atoms with Gasteiger partial charge in [0, 0.05) is 11.8 Å². The summed E-state index contributed by atoms with van der Waals surface area (Å²) in [5, 5.41) is 16.0. The Hall–Kier alpha value is -3.27. The number of nitro groups is 1. The Bertz CT molecular complexity index is 907. The molecule has 0 atom stereocenters. The monoisotopic (exact) mass is 374 g/mol. The summed E-state index contributed by atoms with van der Waals surface area (Å²) in [6, 6.07) is 7.51. The fourth-order valence-corrected chi connectivity index (χ4v) is 3.39. The van der Waals surface area contributed by atoms with E-state index in [2.05, 4.69) is 10.6 Å². The van der Waals surface area contributed by atoms with E-state index in [1.807, 2.05) is 0 Å². The van der Waals surface area contributed by atoms with Crippen molar-refractivity contribution >= 4 is 40.6 Å². The van der Waals surface area contributed by atoms with Gasteiger partial charge in [-0.25, -0.2) is 4.79 Å². The van der Waals surface area contributed by atoms with E-state index in [1.54, 1.807) is 31.2 Å². The summed E-state index contributed by atoms with van der Waals surface area (Å²) in [6.07, 6.45) is 0. The fraction of sp³-hybridized carbons (Fsp3) is 0.188. The molecule has 0 unspecified atom stereocenters. The van der Waals surface area contributed by atoms with Gasteiger partial charge in [-0.1, -0.05) is 12.1 Å². The number of benzene rings is 1. The van der Waals surface area contributed by atoms with Gasteiger partial charge in [-0.15, -0.1) is 11.3 Å². The zero-order chi connectivity index (χ0) is 18.8. The molecule has 1 aromatic heterocycles. The van der Waals surface area contributed by atoms with Crippen LogP contribution in [0.25, 0.3) is 0 Å². The maximum Gasteiger partial charge on any atom is 0.324 e. The normalized spacial score (nSPS) is 13.7. The third-order valence-electron chi connectivity index (χ3n) is 3.77. The molecule has 134 valence electrons. The van der Waals surface area contributed by atoms with Gasteiger partial charge in [0.25, 0.3) is 11.6 Å². The Kier molecular flexibility index (Phi) is 4.67. The Morgan fingerprint density at radius 2 is 2.15 bits per heavy atom. The maximum absolute atomic E-state index is 12.3. The number of aryl methyl sites for hydroxylation is 1. The molecule has 1 saturated heterocycles. The van der Waals surface area contributed by atoms with Crippen LogP contribution >= 0.6 is 11.3 Å². The van der Waals surface area contributed by atoms with E-state index in [1.165, 1.54) is 6.07 Å². The third-order valence-corrected chi connectivity index (χ3v) is 4.81. The summed E-state index contributed by atoms with van der Waals surface area (Å²) in [5.74, 6) is -0.774. The molecule has 9 nitrogen and oxygen atoms in total. The van der Waals surface area contributed by atoms with Gasteiger partial charge in [-0.05, 0) is 24.6 Å². The highest BCUT2D eigenvalue weighted by atomic mass is 32.1. The zero-order valence-electron chi connectivity index (χ0n) is 13.6. The van der Waals surface area contributed by atoms with Crippen LogP contribution in [-0.4, -0.2) is 34.2 Å². The number of carbonyl (C=O) groups is 3. The molecule has 1 aromatic carbocycles. The first-order chi connectivity index (χ1) is 12.3. The summed E-state index contributed by atoms with van der Waals surface area (Å²) in [5.41, 5.74) is 1.04. The van der Waals surface area contributed by atoms with Gasteiger partial charge < -0.3 is 10.6 Å². The van der Waals surface area contributed by atoms with Crippen molar-refractivity contribution in [3.05, 3.63) is 55.8 Å². The van der Waals surface area contributed by atoms with Crippen LogP contribution in [0.1, 0.15) is 20.1 Å². The van der Waals surface area contributed by atoms with Crippen molar-refractivity contribution in [1.29, 1.82) is 0 Å². The highest BCUT2D eigenvalue weighted by Crippen LogP contribution is 2.28. The predicted molar refractivity (Wildman–Crippen MR) is 94.1 cm³/mol. The lowest BCUT2D eigenvalue weighted by molar-refractivity contribution is -0.385. The van der Waals surface area contributed by atoms with Gasteiger partial charge in [0.1, 0.15) is 0 Å². The lowest BCUT2D eigenvalue weighted by Gasteiger charge is -2.13. The quantitative estimate of drug-likeness (QED) is 0.472. The number of hydrogen-bond donors (Lipinski definition) is 2. The van der Waals surface area contributed by atoms with Crippen LogP contribution in [0.4, 0.5) is 16.2 Å². The van der Waals surface area contributed by atoms with Crippen molar-refractivity contribution in [2.75, 3.05) is 11.9 Å². The Labute approximate surface area is 151 Å². The molecule has 4 amide bonds. The lowest BCUT2D eigenvalue weighted by Crippen LogP contribution is -2.30. The third kappa shape index (κ3) is 3.54. The van der Waals surface area contributed by atoms with Gasteiger partial charge >= 0.3 is 6.03 Å². The fourth-order valence-electron chi connectivity index (χ4n) is 2.50. The summed E-state index contributed by atoms with van der Waals surface area (Å²) in [6.45, 7) is 1.65. The van der Waals surface area contributed by atoms with Crippen LogP contribution in [0.2, 0.25) is 0 Å². The molecular formula is C16H14N4O5S. The molecule has 0 aliphatic carbocycles. The second-order valence-corrected chi connectivity index (χ2v) is 6.86. The summed E-state index contributed by atoms with van der Waals surface area (Å²) in [7, 11) is 0. The maximum atomic E-state index is 12.3. The Balaban J connectivity index is 1.73. The van der Waals surface area contributed by atoms with Crippen molar-refractivity contribution in [3.8, 4) is 0 Å². The van der Waals surface area contributed by atoms with Gasteiger partial charge in [0.2, 0.25) is 5.91 Å². The smallest absolute Gasteiger partial charge is 0.324 e. The average molecular weight is 374 g/mol. The number of imide groups is 1. The molecule has 2 heterocycles. The molecule has 1 aliphatic rings. The van der Waals surface area contributed by atoms with E-state index in [0.29, 0.717) is 16.1 Å². The Morgan fingerprint density at radius 3 is 2.77 bits per heavy atom. The van der Waals surface area contributed by atoms with Crippen molar-refractivity contribution in [2.45, 2.75) is 13.5 Å². The van der Waals surface area contributed by atoms with E-state index >= 15 is 0 Å². The highest BCUT2D eigenvalue weighted by molar-refractivity contribution is 7.14. The molecule has 2 aromatic rings. The number of amides is 4. The topological polar surface area (TPSA) is 122 Å². The van der Waals surface area contributed by atoms with Crippen molar-refractivity contribution in [2.24, 2.45) is 0 Å². The lowest BCUT2D eigenvalue weighted by atomic mass is 10.2. The first-order valence-corrected chi connectivity index (χ1v) is 8.40. The Morgan fingerprint density at radius 1 is 1.38 bits per heavy atom. The average Bonchev–Trinajstić information content (AvgIpc) is 3.13. The molecule has 3 rings (SSSR count). The molecule has 0 radical (unpaired) electrons. The second kappa shape index (κ2) is 6.92. The van der Waals surface area contributed by atoms with Crippen LogP contribution in [0.15, 0.2) is 30.3 Å². The first kappa shape index (κ1) is 17.5. The minimum absolute atomic E-state index is 0.0221. The largest absolute Gasteiger partial charge is 0.329 e. The second-order valence-electron chi connectivity index (χ2n) is 5.60. The van der Waals surface area contributed by atoms with E-state index in [4.69, 9.17) is 0 Å². The predicted octanol–water partition coefficient (Wildman–Crippen LogP) is 2.27. The number of rotatable bonds is 5. The minimum atomic E-state index is -0.526. The van der Waals surface area contributed by atoms with Gasteiger partial charge in [-0.3, -0.25) is 24.6 Å². The van der Waals surface area contributed by atoms with E-state index < -0.39 is 16.9 Å². The van der Waals surface area contributed by atoms with Crippen LogP contribution in [0.5, 0.6) is 0 Å². The number of urea groups is 1. The van der Waals surface area contributed by atoms with Gasteiger partial charge in [0.05, 0.1) is 27.8 Å². The van der Waals surface area contributed by atoms with E-state index in [9.17, 15) is 24.5 Å². The molecule has 2 N–H and O–H groups in total. The van der Waals surface area contributed by atoms with Crippen LogP contribution < -0.4 is 10.6 Å². The summed E-state index contributed by atoms with van der Waals surface area (Å²) in [4.78, 5) is 47.7. The SMILES string of the molecule is Cc1sc(C(=O)Nc2cccc(CN3C(=O)CNC3=O)c2)cc1[N+](=O)[O-]. The van der Waals surface area contributed by atoms with Crippen LogP contribution in [-0.2, 0) is 11.3 Å². The number of nitrogens with one attached hydrogen (secondary N) is 2. The summed E-state index contributed by atoms with van der Waals surface area (Å²) < 4.78 is 0. The first-order valence-electron chi connectivity index (χ1n) is 7.58. The van der Waals surface area contributed by atoms with Crippen molar-refractivity contribution in [1.82, 2.24) is 10.2 Å². The molecule has 1 fully saturated rings. The number of thiophene rings is 1. The van der Waals surface area contributed by atoms with E-state index in [-0.39, 0.29) is 29.6 Å². The standard InChI is InChI=1S/C16H14N4O5S/c1-9-12(20(24)25)6-13(26-9)15(22)18-11-4-2-3-10(5-11)8-19-14(21)7-17-16(19)23/h2-6H,7-8H2,1H3,(H,17,23)(H,18,22). The van der Waals surface area contributed by atoms with Crippen molar-refractivity contribution in [3.63, 3.8) is 0 Å². The number of anilines is 1. The zero-order valence-corrected chi connectivity index (χ0v) is 14.5. The molecule has 0 bridgehead atoms. The molecule has 10 heteroatoms. The number of carbonyl (C=O) groups excluding carboxylic acids is 3. The minimum Gasteiger partial charge on any atom is -0.329 e. The number of hydrogen-bond acceptors (Lipinski definition) is 6. The van der Waals surface area contributed by atoms with Gasteiger partial charge in [0.15, 0.2) is 0 Å². The molecule has 26 heavy (non-hydrogen) atoms. The van der Waals surface area contributed by atoms with E-state index in [0.717, 1.165) is 16.2 Å². The van der Waals surface area contributed by atoms with Gasteiger partial charge in [-0.2, -0.15) is 0 Å².